The molecule has 0 radical (unpaired) electrons. The van der Waals surface area contributed by atoms with Gasteiger partial charge in [-0.1, -0.05) is 13.8 Å². The molecule has 0 spiro atoms. The van der Waals surface area contributed by atoms with E-state index in [9.17, 15) is 31.4 Å². The van der Waals surface area contributed by atoms with Crippen molar-refractivity contribution >= 4 is 39.0 Å². The van der Waals surface area contributed by atoms with Crippen LogP contribution in [-0.4, -0.2) is 80.4 Å². The number of hydrogen-bond acceptors (Lipinski definition) is 7. The molecule has 0 fully saturated rings. The monoisotopic (exact) mass is 646 g/mol. The van der Waals surface area contributed by atoms with Gasteiger partial charge in [-0.25, -0.2) is 19.6 Å². The number of H-pyrrole nitrogens is 1. The molecule has 3 rings (SSSR count). The highest BCUT2D eigenvalue weighted by Crippen LogP contribution is 2.23. The van der Waals surface area contributed by atoms with E-state index in [-0.39, 0.29) is 12.6 Å². The second kappa shape index (κ2) is 15.4. The summed E-state index contributed by atoms with van der Waals surface area (Å²) in [5.74, 6) is -3.54. The van der Waals surface area contributed by atoms with Gasteiger partial charge in [-0.05, 0) is 52.2 Å². The molecule has 17 heteroatoms. The number of aromatic nitrogens is 3. The van der Waals surface area contributed by atoms with Crippen LogP contribution < -0.4 is 10.1 Å². The topological polar surface area (TPSA) is 158 Å². The number of imidazole rings is 1. The number of nitrogens with zero attached hydrogens (tertiary/aromatic N) is 2. The van der Waals surface area contributed by atoms with Crippen LogP contribution >= 0.6 is 15.9 Å². The number of carboxylic acid groups (broad SMARTS) is 2. The van der Waals surface area contributed by atoms with Gasteiger partial charge in [0.15, 0.2) is 5.65 Å². The van der Waals surface area contributed by atoms with Crippen molar-refractivity contribution in [1.29, 1.82) is 0 Å². The van der Waals surface area contributed by atoms with Crippen molar-refractivity contribution in [1.82, 2.24) is 20.3 Å². The summed E-state index contributed by atoms with van der Waals surface area (Å²) in [5, 5.41) is 26.8. The molecule has 0 saturated carbocycles. The molecule has 1 atom stereocenters. The maximum atomic E-state index is 10.6. The number of ether oxygens (including phenoxy) is 1. The van der Waals surface area contributed by atoms with Gasteiger partial charge in [0.25, 0.3) is 0 Å². The fraction of sp³-hybridized carbons (Fsp3) is 0.391. The van der Waals surface area contributed by atoms with Gasteiger partial charge in [0.1, 0.15) is 23.7 Å². The minimum absolute atomic E-state index is 0.0997. The molecule has 0 aliphatic carbocycles. The van der Waals surface area contributed by atoms with Gasteiger partial charge in [0, 0.05) is 28.8 Å². The third-order valence-electron chi connectivity index (χ3n) is 4.69. The zero-order valence-electron chi connectivity index (χ0n) is 20.8. The molecule has 40 heavy (non-hydrogen) atoms. The third-order valence-corrected chi connectivity index (χ3v) is 5.13. The van der Waals surface area contributed by atoms with Crippen molar-refractivity contribution in [2.24, 2.45) is 5.92 Å². The van der Waals surface area contributed by atoms with Gasteiger partial charge >= 0.3 is 24.3 Å². The number of benzene rings is 1. The highest BCUT2D eigenvalue weighted by molar-refractivity contribution is 9.10. The van der Waals surface area contributed by atoms with E-state index in [1.54, 1.807) is 6.20 Å². The van der Waals surface area contributed by atoms with E-state index in [1.165, 1.54) is 0 Å². The molecule has 222 valence electrons. The Balaban J connectivity index is 0.000000473. The standard InChI is InChI=1S/C19H23BrN4O2.2C2HF3O2/c1-12(2)17(11-25)21-7-8-26-15-5-3-13(4-6-15)18-23-16-9-14(20)10-22-19(16)24-18;2*3-2(4,5)1(6)7/h3-6,9-10,12,17,21,25H,7-8,11H2,1-2H3,(H,22,23,24);2*(H,6,7)/t17-;;/m1../s1. The normalized spacial score (nSPS) is 12.2. The molecular formula is C23H25BrF6N4O6. The minimum atomic E-state index is -5.08. The van der Waals surface area contributed by atoms with Gasteiger partial charge in [0.05, 0.1) is 6.61 Å². The number of carboxylic acids is 2. The third kappa shape index (κ3) is 12.2. The zero-order chi connectivity index (χ0) is 30.7. The molecule has 3 aromatic rings. The molecule has 1 aromatic carbocycles. The van der Waals surface area contributed by atoms with E-state index in [0.29, 0.717) is 19.1 Å². The van der Waals surface area contributed by atoms with E-state index in [1.807, 2.05) is 30.3 Å². The number of nitrogens with one attached hydrogen (secondary N) is 2. The highest BCUT2D eigenvalue weighted by Gasteiger charge is 2.38. The Morgan fingerprint density at radius 3 is 2.02 bits per heavy atom. The maximum Gasteiger partial charge on any atom is 0.490 e. The molecule has 0 bridgehead atoms. The van der Waals surface area contributed by atoms with Gasteiger partial charge in [-0.3, -0.25) is 0 Å². The van der Waals surface area contributed by atoms with E-state index in [0.717, 1.165) is 32.8 Å². The second-order valence-electron chi connectivity index (χ2n) is 8.07. The van der Waals surface area contributed by atoms with Crippen molar-refractivity contribution in [3.8, 4) is 17.1 Å². The first-order valence-corrected chi connectivity index (χ1v) is 11.9. The van der Waals surface area contributed by atoms with Gasteiger partial charge < -0.3 is 30.4 Å². The van der Waals surface area contributed by atoms with Gasteiger partial charge in [-0.15, -0.1) is 0 Å². The van der Waals surface area contributed by atoms with E-state index < -0.39 is 24.3 Å². The molecule has 2 aromatic heterocycles. The average molecular weight is 647 g/mol. The SMILES string of the molecule is CC(C)[C@@H](CO)NCCOc1ccc(-c2nc3cc(Br)cnc3[nH]2)cc1.O=C(O)C(F)(F)F.O=C(O)C(F)(F)F. The van der Waals surface area contributed by atoms with Crippen molar-refractivity contribution in [3.05, 3.63) is 41.0 Å². The Kier molecular flexibility index (Phi) is 13.3. The smallest absolute Gasteiger partial charge is 0.490 e. The molecule has 0 aliphatic rings. The Morgan fingerprint density at radius 1 is 1.05 bits per heavy atom. The van der Waals surface area contributed by atoms with E-state index >= 15 is 0 Å². The summed E-state index contributed by atoms with van der Waals surface area (Å²) in [6, 6.07) is 9.84. The number of rotatable bonds is 8. The number of hydrogen-bond donors (Lipinski definition) is 5. The van der Waals surface area contributed by atoms with Crippen LogP contribution in [0.5, 0.6) is 5.75 Å². The number of alkyl halides is 6. The number of aliphatic hydroxyl groups is 1. The lowest BCUT2D eigenvalue weighted by atomic mass is 10.1. The number of pyridine rings is 1. The van der Waals surface area contributed by atoms with Crippen LogP contribution in [0.1, 0.15) is 13.8 Å². The number of aromatic amines is 1. The minimum Gasteiger partial charge on any atom is -0.492 e. The van der Waals surface area contributed by atoms with Crippen LogP contribution in [0.15, 0.2) is 41.0 Å². The van der Waals surface area contributed by atoms with Gasteiger partial charge in [-0.2, -0.15) is 26.3 Å². The van der Waals surface area contributed by atoms with E-state index in [2.05, 4.69) is 50.0 Å². The molecule has 0 unspecified atom stereocenters. The molecule has 0 aliphatic heterocycles. The lowest BCUT2D eigenvalue weighted by Crippen LogP contribution is -2.39. The Morgan fingerprint density at radius 2 is 1.57 bits per heavy atom. The van der Waals surface area contributed by atoms with E-state index in [4.69, 9.17) is 24.5 Å². The Bertz CT molecular complexity index is 1210. The Hall–Kier alpha value is -3.44. The highest BCUT2D eigenvalue weighted by atomic mass is 79.9. The summed E-state index contributed by atoms with van der Waals surface area (Å²) < 4.78 is 70.1. The Labute approximate surface area is 231 Å². The maximum absolute atomic E-state index is 10.6. The predicted molar refractivity (Wildman–Crippen MR) is 134 cm³/mol. The first-order valence-electron chi connectivity index (χ1n) is 11.1. The quantitative estimate of drug-likeness (QED) is 0.174. The van der Waals surface area contributed by atoms with Crippen LogP contribution in [0.25, 0.3) is 22.6 Å². The number of carbonyl (C=O) groups is 2. The summed E-state index contributed by atoms with van der Waals surface area (Å²) in [6.45, 7) is 5.54. The van der Waals surface area contributed by atoms with Crippen LogP contribution in [0.2, 0.25) is 0 Å². The van der Waals surface area contributed by atoms with Crippen molar-refractivity contribution < 1.29 is 56.0 Å². The lowest BCUT2D eigenvalue weighted by molar-refractivity contribution is -0.193. The van der Waals surface area contributed by atoms with Crippen LogP contribution in [0, 0.1) is 5.92 Å². The van der Waals surface area contributed by atoms with Crippen LogP contribution in [0.4, 0.5) is 26.3 Å². The zero-order valence-corrected chi connectivity index (χ0v) is 22.4. The number of aliphatic hydroxyl groups excluding tert-OH is 1. The molecule has 0 amide bonds. The summed E-state index contributed by atoms with van der Waals surface area (Å²) in [7, 11) is 0. The number of aliphatic carboxylic acids is 2. The fourth-order valence-corrected chi connectivity index (χ4v) is 2.96. The summed E-state index contributed by atoms with van der Waals surface area (Å²) in [6.07, 6.45) is -8.42. The molecular weight excluding hydrogens is 622 g/mol. The molecule has 2 heterocycles. The molecule has 0 saturated heterocycles. The number of halogens is 7. The van der Waals surface area contributed by atoms with Crippen LogP contribution in [0.3, 0.4) is 0 Å². The predicted octanol–water partition coefficient (Wildman–Crippen LogP) is 4.64. The summed E-state index contributed by atoms with van der Waals surface area (Å²) >= 11 is 3.41. The van der Waals surface area contributed by atoms with Crippen LogP contribution in [-0.2, 0) is 9.59 Å². The molecule has 5 N–H and O–H groups in total. The lowest BCUT2D eigenvalue weighted by Gasteiger charge is -2.19. The van der Waals surface area contributed by atoms with Crippen molar-refractivity contribution in [3.63, 3.8) is 0 Å². The largest absolute Gasteiger partial charge is 0.492 e. The molecule has 10 nitrogen and oxygen atoms in total. The van der Waals surface area contributed by atoms with Gasteiger partial charge in [0.2, 0.25) is 0 Å². The van der Waals surface area contributed by atoms with Crippen molar-refractivity contribution in [2.75, 3.05) is 19.8 Å². The number of fused-ring (bicyclic) bond motifs is 1. The van der Waals surface area contributed by atoms with Crippen molar-refractivity contribution in [2.45, 2.75) is 32.2 Å². The summed E-state index contributed by atoms with van der Waals surface area (Å²) in [4.78, 5) is 29.9. The fourth-order valence-electron chi connectivity index (χ4n) is 2.64. The second-order valence-corrected chi connectivity index (χ2v) is 8.99. The first kappa shape index (κ1) is 34.6. The first-order chi connectivity index (χ1) is 18.4. The average Bonchev–Trinajstić information content (AvgIpc) is 3.27. The summed E-state index contributed by atoms with van der Waals surface area (Å²) in [5.41, 5.74) is 2.56.